The predicted octanol–water partition coefficient (Wildman–Crippen LogP) is 12.1. The van der Waals surface area contributed by atoms with Gasteiger partial charge in [-0.3, -0.25) is 0 Å². The molecule has 4 aromatic carbocycles. The number of pyridine rings is 2. The maximum atomic E-state index is 8.75. The summed E-state index contributed by atoms with van der Waals surface area (Å²) in [4.78, 5) is 9.19. The van der Waals surface area contributed by atoms with Gasteiger partial charge in [0.2, 0.25) is 0 Å². The van der Waals surface area contributed by atoms with E-state index in [9.17, 15) is 0 Å². The quantitative estimate of drug-likeness (QED) is 0.127. The molecule has 51 heavy (non-hydrogen) atoms. The minimum Gasteiger partial charge on any atom is -0.305 e. The number of benzene rings is 4. The second-order valence-corrected chi connectivity index (χ2v) is 20.8. The SMILES string of the molecule is [2H]C([2H])(c1cc(-c2[c-]cccc2)ncc1[Si](C)(C)C)C(C)(C)C.[2H]C1([2H])CCC([2H])([2H])c2c1ccnc2-c1[c-]ccc2c1sc1cc(-c3ccccc3)ccc12.[Ir]. The second kappa shape index (κ2) is 15.5. The average Bonchev–Trinajstić information content (AvgIpc) is 3.55. The van der Waals surface area contributed by atoms with Crippen molar-refractivity contribution in [3.05, 3.63) is 138 Å². The van der Waals surface area contributed by atoms with Crippen LogP contribution in [0.5, 0.6) is 0 Å². The van der Waals surface area contributed by atoms with Crippen LogP contribution in [0.4, 0.5) is 0 Å². The predicted molar refractivity (Wildman–Crippen MR) is 218 cm³/mol. The van der Waals surface area contributed by atoms with Crippen molar-refractivity contribution in [1.82, 2.24) is 9.97 Å². The van der Waals surface area contributed by atoms with Crippen LogP contribution in [0.2, 0.25) is 19.6 Å². The van der Waals surface area contributed by atoms with E-state index >= 15 is 0 Å². The summed E-state index contributed by atoms with van der Waals surface area (Å²) in [5, 5.41) is 3.33. The molecule has 5 heteroatoms. The van der Waals surface area contributed by atoms with Crippen LogP contribution < -0.4 is 5.19 Å². The first-order valence-electron chi connectivity index (χ1n) is 20.2. The summed E-state index contributed by atoms with van der Waals surface area (Å²) >= 11 is 1.66. The van der Waals surface area contributed by atoms with Gasteiger partial charge >= 0.3 is 0 Å². The van der Waals surface area contributed by atoms with Crippen LogP contribution in [0.15, 0.2) is 109 Å². The van der Waals surface area contributed by atoms with Crippen LogP contribution in [0.3, 0.4) is 0 Å². The molecule has 0 spiro atoms. The number of rotatable bonds is 5. The van der Waals surface area contributed by atoms with Gasteiger partial charge in [0.15, 0.2) is 0 Å². The molecule has 1 radical (unpaired) electrons. The van der Waals surface area contributed by atoms with Crippen LogP contribution in [0.1, 0.15) is 58.5 Å². The van der Waals surface area contributed by atoms with Crippen molar-refractivity contribution in [3.8, 4) is 33.6 Å². The average molecular weight is 885 g/mol. The number of fused-ring (bicyclic) bond motifs is 4. The smallest absolute Gasteiger partial charge is 0.0798 e. The standard InChI is InChI=1S/C27H20NS.C19H26NSi.Ir/c1-2-7-18(8-3-1)20-13-14-22-23-11-6-12-24(27(23)29-25(22)17-20)26-21-10-5-4-9-19(21)15-16-28-26;1-19(2,3)13-16-12-17(15-10-8-7-9-11-15)20-14-18(16)21(4,5)6;/h1-3,6-8,11,13-17H,4-5,9-10H2;7-10,12,14H,13H2,1-6H3;/q2*-1;/i9D2,10D2;13D2;. The van der Waals surface area contributed by atoms with E-state index in [1.165, 1.54) is 0 Å². The number of aryl methyl sites for hydroxylation is 1. The minimum atomic E-state index is -1.70. The molecule has 7 aromatic rings. The Kier molecular flexibility index (Phi) is 9.04. The Bertz CT molecular complexity index is 2550. The summed E-state index contributed by atoms with van der Waals surface area (Å²) < 4.78 is 53.9. The largest absolute Gasteiger partial charge is 0.305 e. The van der Waals surface area contributed by atoms with Crippen LogP contribution in [-0.4, -0.2) is 18.0 Å². The zero-order chi connectivity index (χ0) is 40.3. The van der Waals surface area contributed by atoms with Crippen molar-refractivity contribution >= 4 is 44.8 Å². The van der Waals surface area contributed by atoms with Crippen molar-refractivity contribution in [2.75, 3.05) is 0 Å². The number of thiophene rings is 1. The summed E-state index contributed by atoms with van der Waals surface area (Å²) in [7, 11) is -1.70. The Morgan fingerprint density at radius 3 is 2.35 bits per heavy atom. The van der Waals surface area contributed by atoms with Gasteiger partial charge in [-0.05, 0) is 87.3 Å². The molecule has 261 valence electrons. The normalized spacial score (nSPS) is 16.9. The van der Waals surface area contributed by atoms with Gasteiger partial charge in [0.1, 0.15) is 0 Å². The van der Waals surface area contributed by atoms with E-state index in [1.54, 1.807) is 23.6 Å². The van der Waals surface area contributed by atoms with Gasteiger partial charge in [0.05, 0.1) is 8.07 Å². The van der Waals surface area contributed by atoms with E-state index in [1.807, 2.05) is 87.6 Å². The van der Waals surface area contributed by atoms with Crippen LogP contribution in [0.25, 0.3) is 53.8 Å². The molecule has 3 heterocycles. The third kappa shape index (κ3) is 8.34. The van der Waals surface area contributed by atoms with Gasteiger partial charge < -0.3 is 9.97 Å². The molecule has 0 saturated heterocycles. The maximum absolute atomic E-state index is 8.75. The molecule has 1 aliphatic rings. The molecule has 0 amide bonds. The minimum absolute atomic E-state index is 0. The number of aromatic nitrogens is 2. The third-order valence-corrected chi connectivity index (χ3v) is 11.9. The molecule has 1 aliphatic carbocycles. The molecule has 0 bridgehead atoms. The van der Waals surface area contributed by atoms with Crippen molar-refractivity contribution in [3.63, 3.8) is 0 Å². The molecule has 0 unspecified atom stereocenters. The van der Waals surface area contributed by atoms with Crippen LogP contribution >= 0.6 is 11.3 Å². The van der Waals surface area contributed by atoms with Crippen molar-refractivity contribution in [2.24, 2.45) is 5.41 Å². The molecule has 0 saturated carbocycles. The van der Waals surface area contributed by atoms with Gasteiger partial charge in [-0.15, -0.1) is 59.7 Å². The molecular formula is C46H46IrN2SSi-2. The third-order valence-electron chi connectivity index (χ3n) is 8.68. The van der Waals surface area contributed by atoms with E-state index in [0.29, 0.717) is 16.8 Å². The van der Waals surface area contributed by atoms with Crippen LogP contribution in [0, 0.1) is 17.5 Å². The zero-order valence-corrected chi connectivity index (χ0v) is 34.2. The fraction of sp³-hybridized carbons (Fsp3) is 0.261. The van der Waals surface area contributed by atoms with Crippen molar-refractivity contribution in [2.45, 2.75) is 72.4 Å². The second-order valence-electron chi connectivity index (χ2n) is 14.7. The van der Waals surface area contributed by atoms with E-state index in [0.717, 1.165) is 58.9 Å². The van der Waals surface area contributed by atoms with E-state index < -0.39 is 32.6 Å². The van der Waals surface area contributed by atoms with Gasteiger partial charge in [-0.1, -0.05) is 111 Å². The molecule has 0 atom stereocenters. The first kappa shape index (κ1) is 29.8. The summed E-state index contributed by atoms with van der Waals surface area (Å²) in [5.41, 5.74) is 6.32. The number of hydrogen-bond acceptors (Lipinski definition) is 3. The Labute approximate surface area is 331 Å². The van der Waals surface area contributed by atoms with Crippen molar-refractivity contribution in [1.29, 1.82) is 0 Å². The zero-order valence-electron chi connectivity index (χ0n) is 35.9. The molecule has 0 aliphatic heterocycles. The fourth-order valence-electron chi connectivity index (χ4n) is 6.35. The van der Waals surface area contributed by atoms with Gasteiger partial charge in [0.25, 0.3) is 0 Å². The maximum Gasteiger partial charge on any atom is 0.0798 e. The monoisotopic (exact) mass is 885 g/mol. The Balaban J connectivity index is 0.000000203. The Morgan fingerprint density at radius 1 is 0.824 bits per heavy atom. The van der Waals surface area contributed by atoms with E-state index in [2.05, 4.69) is 72.1 Å². The molecule has 8 rings (SSSR count). The summed E-state index contributed by atoms with van der Waals surface area (Å²) in [6, 6.07) is 38.4. The Morgan fingerprint density at radius 2 is 1.61 bits per heavy atom. The molecule has 0 fully saturated rings. The molecule has 0 N–H and O–H groups in total. The first-order valence-corrected chi connectivity index (χ1v) is 21.5. The Hall–Kier alpha value is -3.73. The summed E-state index contributed by atoms with van der Waals surface area (Å²) in [6.07, 6.45) is -0.851. The number of nitrogens with zero attached hydrogens (tertiary/aromatic N) is 2. The summed E-state index contributed by atoms with van der Waals surface area (Å²) in [5.74, 6) is 0. The van der Waals surface area contributed by atoms with Gasteiger partial charge in [-0.25, -0.2) is 0 Å². The van der Waals surface area contributed by atoms with E-state index in [-0.39, 0.29) is 32.9 Å². The van der Waals surface area contributed by atoms with Crippen molar-refractivity contribution < 1.29 is 28.3 Å². The fourth-order valence-corrected chi connectivity index (χ4v) is 8.98. The number of hydrogen-bond donors (Lipinski definition) is 0. The molecule has 3 aromatic heterocycles. The molecular weight excluding hydrogens is 833 g/mol. The topological polar surface area (TPSA) is 25.8 Å². The van der Waals surface area contributed by atoms with Crippen LogP contribution in [-0.2, 0) is 39.2 Å². The molecule has 2 nitrogen and oxygen atoms in total. The van der Waals surface area contributed by atoms with Gasteiger partial charge in [0, 0.05) is 45.4 Å². The van der Waals surface area contributed by atoms with E-state index in [4.69, 9.17) is 8.22 Å². The summed E-state index contributed by atoms with van der Waals surface area (Å²) in [6.45, 7) is 12.6. The first-order chi connectivity index (χ1) is 26.3. The van der Waals surface area contributed by atoms with Gasteiger partial charge in [-0.2, -0.15) is 11.3 Å².